The Morgan fingerprint density at radius 1 is 1.31 bits per heavy atom. The zero-order chi connectivity index (χ0) is 26.3. The minimum Gasteiger partial charge on any atom is -0.339 e. The number of amides is 3. The minimum absolute atomic E-state index is 0.0342. The van der Waals surface area contributed by atoms with Crippen molar-refractivity contribution in [3.8, 4) is 0 Å². The summed E-state index contributed by atoms with van der Waals surface area (Å²) in [5, 5.41) is 2.81. The van der Waals surface area contributed by atoms with Crippen molar-refractivity contribution in [3.05, 3.63) is 24.3 Å². The highest BCUT2D eigenvalue weighted by Gasteiger charge is 2.63. The van der Waals surface area contributed by atoms with Crippen LogP contribution >= 0.6 is 0 Å². The highest BCUT2D eigenvalue weighted by atomic mass is 32.2. The van der Waals surface area contributed by atoms with Gasteiger partial charge in [0.25, 0.3) is 5.91 Å². The van der Waals surface area contributed by atoms with E-state index in [2.05, 4.69) is 23.5 Å². The standard InChI is InChI=1S/C26H38FN3O5S/c1-4-19-14-17(2)8-5-6-9-20-15-26(20,24(33)29-36(34,35)25(16-27)11-12-25)28-22(31)21-10-7-13-30(21)23(32)18(19)3/h6,9,17,19-21H,3-5,7-8,10-16H2,1-2H3,(H,28,31)(H,29,33). The van der Waals surface area contributed by atoms with E-state index in [-0.39, 0.29) is 37.0 Å². The summed E-state index contributed by atoms with van der Waals surface area (Å²) >= 11 is 0. The lowest BCUT2D eigenvalue weighted by molar-refractivity contribution is -0.137. The van der Waals surface area contributed by atoms with Gasteiger partial charge < -0.3 is 10.2 Å². The van der Waals surface area contributed by atoms with Gasteiger partial charge in [-0.3, -0.25) is 19.1 Å². The summed E-state index contributed by atoms with van der Waals surface area (Å²) in [6.45, 7) is 7.66. The topological polar surface area (TPSA) is 113 Å². The smallest absolute Gasteiger partial charge is 0.259 e. The zero-order valence-corrected chi connectivity index (χ0v) is 22.0. The molecule has 2 heterocycles. The number of carbonyl (C=O) groups excluding carboxylic acids is 3. The summed E-state index contributed by atoms with van der Waals surface area (Å²) in [4.78, 5) is 41.6. The summed E-state index contributed by atoms with van der Waals surface area (Å²) in [6, 6.07) is -0.749. The third kappa shape index (κ3) is 4.85. The number of allylic oxidation sites excluding steroid dienone is 1. The van der Waals surface area contributed by atoms with E-state index < -0.39 is 44.8 Å². The van der Waals surface area contributed by atoms with Crippen molar-refractivity contribution < 1.29 is 27.2 Å². The number of nitrogens with one attached hydrogen (secondary N) is 2. The summed E-state index contributed by atoms with van der Waals surface area (Å²) in [5.41, 5.74) is -0.919. The lowest BCUT2D eigenvalue weighted by Crippen LogP contribution is -2.57. The second-order valence-corrected chi connectivity index (χ2v) is 13.2. The maximum atomic E-state index is 13.4. The quantitative estimate of drug-likeness (QED) is 0.425. The molecule has 3 amide bonds. The van der Waals surface area contributed by atoms with Crippen molar-refractivity contribution in [2.45, 2.75) is 88.0 Å². The molecule has 0 spiro atoms. The van der Waals surface area contributed by atoms with Crippen LogP contribution in [0.25, 0.3) is 0 Å². The SMILES string of the molecule is C=C1C(=O)N2CCCC2C(=O)NC2(C(=O)NS(=O)(=O)C3(CF)CC3)CC2C=CCCC(C)CC1CC. The van der Waals surface area contributed by atoms with Gasteiger partial charge in [-0.05, 0) is 69.6 Å². The number of halogens is 1. The molecule has 1 saturated heterocycles. The van der Waals surface area contributed by atoms with Crippen molar-refractivity contribution in [3.63, 3.8) is 0 Å². The molecule has 0 aromatic rings. The molecule has 4 rings (SSSR count). The lowest BCUT2D eigenvalue weighted by atomic mass is 9.85. The number of hydrogen-bond acceptors (Lipinski definition) is 5. The highest BCUT2D eigenvalue weighted by molar-refractivity contribution is 7.91. The molecule has 5 unspecified atom stereocenters. The Labute approximate surface area is 213 Å². The molecule has 200 valence electrons. The molecule has 4 aliphatic rings. The fourth-order valence-electron chi connectivity index (χ4n) is 5.66. The van der Waals surface area contributed by atoms with E-state index in [1.807, 2.05) is 19.1 Å². The van der Waals surface area contributed by atoms with Gasteiger partial charge in [-0.2, -0.15) is 0 Å². The van der Waals surface area contributed by atoms with Crippen LogP contribution in [0, 0.1) is 17.8 Å². The highest BCUT2D eigenvalue weighted by Crippen LogP contribution is 2.48. The molecular formula is C26H38FN3O5S. The summed E-state index contributed by atoms with van der Waals surface area (Å²) in [7, 11) is -4.22. The van der Waals surface area contributed by atoms with Gasteiger partial charge in [0.1, 0.15) is 23.0 Å². The van der Waals surface area contributed by atoms with E-state index >= 15 is 0 Å². The molecular weight excluding hydrogens is 485 g/mol. The maximum Gasteiger partial charge on any atom is 0.259 e. The van der Waals surface area contributed by atoms with E-state index in [0.717, 1.165) is 25.7 Å². The number of sulfonamides is 1. The van der Waals surface area contributed by atoms with Crippen molar-refractivity contribution in [2.75, 3.05) is 13.2 Å². The molecule has 0 radical (unpaired) electrons. The first-order chi connectivity index (χ1) is 17.0. The second kappa shape index (κ2) is 9.91. The van der Waals surface area contributed by atoms with Crippen LogP contribution in [0.4, 0.5) is 4.39 Å². The molecule has 5 atom stereocenters. The maximum absolute atomic E-state index is 13.4. The largest absolute Gasteiger partial charge is 0.339 e. The molecule has 10 heteroatoms. The predicted octanol–water partition coefficient (Wildman–Crippen LogP) is 2.76. The molecule has 2 N–H and O–H groups in total. The van der Waals surface area contributed by atoms with Crippen LogP contribution in [0.3, 0.4) is 0 Å². The molecule has 2 aliphatic carbocycles. The number of nitrogens with zero attached hydrogens (tertiary/aromatic N) is 1. The lowest BCUT2D eigenvalue weighted by Gasteiger charge is -2.29. The molecule has 36 heavy (non-hydrogen) atoms. The third-order valence-electron chi connectivity index (χ3n) is 8.57. The van der Waals surface area contributed by atoms with Gasteiger partial charge in [0.2, 0.25) is 21.8 Å². The Morgan fingerprint density at radius 3 is 2.67 bits per heavy atom. The average Bonchev–Trinajstić information content (AvgIpc) is 3.73. The fourth-order valence-corrected chi connectivity index (χ4v) is 7.09. The van der Waals surface area contributed by atoms with Gasteiger partial charge in [0.15, 0.2) is 0 Å². The van der Waals surface area contributed by atoms with Gasteiger partial charge >= 0.3 is 0 Å². The fraction of sp³-hybridized carbons (Fsp3) is 0.731. The molecule has 8 nitrogen and oxygen atoms in total. The predicted molar refractivity (Wildman–Crippen MR) is 134 cm³/mol. The Bertz CT molecular complexity index is 1070. The molecule has 0 bridgehead atoms. The molecule has 0 aromatic carbocycles. The first-order valence-electron chi connectivity index (χ1n) is 13.1. The molecule has 3 fully saturated rings. The Kier molecular flexibility index (Phi) is 7.38. The van der Waals surface area contributed by atoms with E-state index in [1.54, 1.807) is 4.90 Å². The first-order valence-corrected chi connectivity index (χ1v) is 14.6. The van der Waals surface area contributed by atoms with Crippen molar-refractivity contribution >= 4 is 27.7 Å². The molecule has 2 saturated carbocycles. The Balaban J connectivity index is 1.60. The van der Waals surface area contributed by atoms with Crippen LogP contribution < -0.4 is 10.0 Å². The van der Waals surface area contributed by atoms with Crippen LogP contribution in [0.2, 0.25) is 0 Å². The number of hydrogen-bond donors (Lipinski definition) is 2. The zero-order valence-electron chi connectivity index (χ0n) is 21.2. The van der Waals surface area contributed by atoms with Crippen LogP contribution in [0.5, 0.6) is 0 Å². The van der Waals surface area contributed by atoms with E-state index in [4.69, 9.17) is 0 Å². The van der Waals surface area contributed by atoms with Crippen LogP contribution in [-0.4, -0.2) is 60.6 Å². The Morgan fingerprint density at radius 2 is 2.03 bits per heavy atom. The number of alkyl halides is 1. The summed E-state index contributed by atoms with van der Waals surface area (Å²) in [5.74, 6) is -1.52. The number of rotatable bonds is 5. The first kappa shape index (κ1) is 26.8. The normalized spacial score (nSPS) is 34.6. The van der Waals surface area contributed by atoms with Gasteiger partial charge in [-0.25, -0.2) is 12.8 Å². The van der Waals surface area contributed by atoms with Crippen LogP contribution in [-0.2, 0) is 24.4 Å². The van der Waals surface area contributed by atoms with Crippen LogP contribution in [0.15, 0.2) is 24.3 Å². The monoisotopic (exact) mass is 523 g/mol. The molecule has 0 aromatic heterocycles. The van der Waals surface area contributed by atoms with E-state index in [1.165, 1.54) is 0 Å². The molecule has 2 aliphatic heterocycles. The minimum atomic E-state index is -4.22. The van der Waals surface area contributed by atoms with Crippen LogP contribution in [0.1, 0.15) is 71.6 Å². The van der Waals surface area contributed by atoms with Gasteiger partial charge in [0, 0.05) is 18.0 Å². The van der Waals surface area contributed by atoms with Crippen molar-refractivity contribution in [2.24, 2.45) is 17.8 Å². The summed E-state index contributed by atoms with van der Waals surface area (Å²) in [6.07, 6.45) is 8.81. The second-order valence-electron chi connectivity index (χ2n) is 11.2. The number of carbonyl (C=O) groups is 3. The Hall–Kier alpha value is -2.23. The average molecular weight is 524 g/mol. The van der Waals surface area contributed by atoms with Crippen molar-refractivity contribution in [1.82, 2.24) is 14.9 Å². The van der Waals surface area contributed by atoms with E-state index in [0.29, 0.717) is 30.9 Å². The van der Waals surface area contributed by atoms with E-state index in [9.17, 15) is 27.2 Å². The third-order valence-corrected chi connectivity index (χ3v) is 10.7. The van der Waals surface area contributed by atoms with Gasteiger partial charge in [-0.1, -0.05) is 32.6 Å². The van der Waals surface area contributed by atoms with Gasteiger partial charge in [-0.15, -0.1) is 0 Å². The number of fused-ring (bicyclic) bond motifs is 2. The van der Waals surface area contributed by atoms with Gasteiger partial charge in [0.05, 0.1) is 0 Å². The summed E-state index contributed by atoms with van der Waals surface area (Å²) < 4.78 is 39.4. The van der Waals surface area contributed by atoms with Crippen molar-refractivity contribution in [1.29, 1.82) is 0 Å².